The largest absolute Gasteiger partial charge is 0.350 e. The molecule has 0 aliphatic heterocycles. The van der Waals surface area contributed by atoms with Gasteiger partial charge in [-0.1, -0.05) is 60.2 Å². The molecule has 0 radical (unpaired) electrons. The zero-order valence-electron chi connectivity index (χ0n) is 17.7. The number of benzene rings is 2. The number of carbonyl (C=O) groups excluding carboxylic acids is 2. The molecule has 0 bridgehead atoms. The maximum atomic E-state index is 13.0. The third kappa shape index (κ3) is 6.84. The number of aryl methyl sites for hydroxylation is 2. The summed E-state index contributed by atoms with van der Waals surface area (Å²) in [6.07, 6.45) is 1.04. The van der Waals surface area contributed by atoms with Crippen LogP contribution in [0, 0.1) is 6.92 Å². The first kappa shape index (κ1) is 21.7. The topological polar surface area (TPSA) is 49.4 Å². The van der Waals surface area contributed by atoms with E-state index in [0.29, 0.717) is 19.4 Å². The zero-order chi connectivity index (χ0) is 20.7. The van der Waals surface area contributed by atoms with E-state index in [2.05, 4.69) is 29.6 Å². The minimum Gasteiger partial charge on any atom is -0.350 e. The minimum absolute atomic E-state index is 0.0130. The Kier molecular flexibility index (Phi) is 7.38. The van der Waals surface area contributed by atoms with E-state index < -0.39 is 6.04 Å². The molecule has 0 heterocycles. The first-order chi connectivity index (χ1) is 13.2. The maximum absolute atomic E-state index is 13.0. The molecule has 4 heteroatoms. The second-order valence-corrected chi connectivity index (χ2v) is 8.41. The molecule has 4 nitrogen and oxygen atoms in total. The molecule has 0 unspecified atom stereocenters. The van der Waals surface area contributed by atoms with Gasteiger partial charge in [0, 0.05) is 18.5 Å². The van der Waals surface area contributed by atoms with Crippen LogP contribution in [0.15, 0.2) is 54.6 Å². The molecule has 0 aromatic heterocycles. The fraction of sp³-hybridized carbons (Fsp3) is 0.417. The fourth-order valence-electron chi connectivity index (χ4n) is 2.99. The van der Waals surface area contributed by atoms with E-state index in [1.165, 1.54) is 5.56 Å². The molecule has 0 saturated carbocycles. The van der Waals surface area contributed by atoms with E-state index >= 15 is 0 Å². The summed E-state index contributed by atoms with van der Waals surface area (Å²) in [5.74, 6) is -0.145. The molecule has 2 aromatic rings. The summed E-state index contributed by atoms with van der Waals surface area (Å²) in [4.78, 5) is 27.4. The van der Waals surface area contributed by atoms with Gasteiger partial charge >= 0.3 is 0 Å². The molecule has 2 rings (SSSR count). The zero-order valence-corrected chi connectivity index (χ0v) is 17.7. The lowest BCUT2D eigenvalue weighted by molar-refractivity contribution is -0.141. The SMILES string of the molecule is Cc1ccc(CCC(=O)N(Cc2ccccc2)[C@@H](C)C(=O)NC(C)(C)C)cc1. The van der Waals surface area contributed by atoms with Crippen LogP contribution in [0.5, 0.6) is 0 Å². The summed E-state index contributed by atoms with van der Waals surface area (Å²) in [7, 11) is 0. The Labute approximate surface area is 169 Å². The molecule has 2 aromatic carbocycles. The third-order valence-electron chi connectivity index (χ3n) is 4.61. The van der Waals surface area contributed by atoms with Crippen molar-refractivity contribution in [2.24, 2.45) is 0 Å². The van der Waals surface area contributed by atoms with Crippen molar-refractivity contribution in [2.45, 2.75) is 65.6 Å². The van der Waals surface area contributed by atoms with Gasteiger partial charge in [-0.2, -0.15) is 0 Å². The van der Waals surface area contributed by atoms with Crippen molar-refractivity contribution in [1.82, 2.24) is 10.2 Å². The molecule has 0 fully saturated rings. The van der Waals surface area contributed by atoms with Gasteiger partial charge in [0.15, 0.2) is 0 Å². The van der Waals surface area contributed by atoms with Gasteiger partial charge in [0.2, 0.25) is 11.8 Å². The minimum atomic E-state index is -0.537. The van der Waals surface area contributed by atoms with Crippen molar-refractivity contribution in [3.63, 3.8) is 0 Å². The van der Waals surface area contributed by atoms with Gasteiger partial charge in [0.05, 0.1) is 0 Å². The lowest BCUT2D eigenvalue weighted by Gasteiger charge is -2.31. The standard InChI is InChI=1S/C24H32N2O2/c1-18-11-13-20(14-12-18)15-16-22(27)26(17-21-9-7-6-8-10-21)19(2)23(28)25-24(3,4)5/h6-14,19H,15-17H2,1-5H3,(H,25,28)/t19-/m0/s1. The van der Waals surface area contributed by atoms with Crippen LogP contribution in [0.1, 0.15) is 50.8 Å². The average molecular weight is 381 g/mol. The number of hydrogen-bond donors (Lipinski definition) is 1. The van der Waals surface area contributed by atoms with E-state index in [1.807, 2.05) is 58.0 Å². The van der Waals surface area contributed by atoms with Gasteiger partial charge in [0.1, 0.15) is 6.04 Å². The van der Waals surface area contributed by atoms with E-state index in [-0.39, 0.29) is 17.4 Å². The first-order valence-electron chi connectivity index (χ1n) is 9.87. The van der Waals surface area contributed by atoms with Crippen molar-refractivity contribution < 1.29 is 9.59 Å². The fourth-order valence-corrected chi connectivity index (χ4v) is 2.99. The van der Waals surface area contributed by atoms with Crippen LogP contribution in [0.2, 0.25) is 0 Å². The van der Waals surface area contributed by atoms with Crippen LogP contribution >= 0.6 is 0 Å². The number of amides is 2. The van der Waals surface area contributed by atoms with Crippen molar-refractivity contribution >= 4 is 11.8 Å². The predicted octanol–water partition coefficient (Wildman–Crippen LogP) is 4.26. The first-order valence-corrected chi connectivity index (χ1v) is 9.87. The van der Waals surface area contributed by atoms with Crippen molar-refractivity contribution in [2.75, 3.05) is 0 Å². The molecule has 2 amide bonds. The Morgan fingerprint density at radius 1 is 0.964 bits per heavy atom. The average Bonchev–Trinajstić information content (AvgIpc) is 2.64. The molecule has 0 aliphatic carbocycles. The smallest absolute Gasteiger partial charge is 0.242 e. The van der Waals surface area contributed by atoms with Gasteiger partial charge in [0.25, 0.3) is 0 Å². The molecule has 1 atom stereocenters. The molecule has 1 N–H and O–H groups in total. The monoisotopic (exact) mass is 380 g/mol. The van der Waals surface area contributed by atoms with E-state index in [1.54, 1.807) is 11.8 Å². The Morgan fingerprint density at radius 3 is 2.14 bits per heavy atom. The van der Waals surface area contributed by atoms with Crippen LogP contribution in [-0.2, 0) is 22.6 Å². The van der Waals surface area contributed by atoms with Gasteiger partial charge in [-0.15, -0.1) is 0 Å². The number of carbonyl (C=O) groups is 2. The van der Waals surface area contributed by atoms with Crippen molar-refractivity contribution in [3.05, 3.63) is 71.3 Å². The Bertz CT molecular complexity index is 777. The van der Waals surface area contributed by atoms with Crippen LogP contribution in [0.25, 0.3) is 0 Å². The maximum Gasteiger partial charge on any atom is 0.242 e. The summed E-state index contributed by atoms with van der Waals surface area (Å²) >= 11 is 0. The summed E-state index contributed by atoms with van der Waals surface area (Å²) in [5.41, 5.74) is 3.01. The van der Waals surface area contributed by atoms with Crippen LogP contribution in [-0.4, -0.2) is 28.3 Å². The van der Waals surface area contributed by atoms with E-state index in [4.69, 9.17) is 0 Å². The second kappa shape index (κ2) is 9.54. The Morgan fingerprint density at radius 2 is 1.57 bits per heavy atom. The highest BCUT2D eigenvalue weighted by atomic mass is 16.2. The summed E-state index contributed by atoms with van der Waals surface area (Å²) in [5, 5.41) is 2.99. The van der Waals surface area contributed by atoms with E-state index in [0.717, 1.165) is 11.1 Å². The number of nitrogens with zero attached hydrogens (tertiary/aromatic N) is 1. The van der Waals surface area contributed by atoms with Crippen molar-refractivity contribution in [3.8, 4) is 0 Å². The van der Waals surface area contributed by atoms with Crippen molar-refractivity contribution in [1.29, 1.82) is 0 Å². The molecule has 0 aliphatic rings. The second-order valence-electron chi connectivity index (χ2n) is 8.41. The van der Waals surface area contributed by atoms with Crippen LogP contribution in [0.3, 0.4) is 0 Å². The highest BCUT2D eigenvalue weighted by Gasteiger charge is 2.28. The Balaban J connectivity index is 2.12. The summed E-state index contributed by atoms with van der Waals surface area (Å²) < 4.78 is 0. The number of rotatable bonds is 7. The lowest BCUT2D eigenvalue weighted by atomic mass is 10.1. The Hall–Kier alpha value is -2.62. The highest BCUT2D eigenvalue weighted by Crippen LogP contribution is 2.14. The molecule has 28 heavy (non-hydrogen) atoms. The molecule has 0 saturated heterocycles. The highest BCUT2D eigenvalue weighted by molar-refractivity contribution is 5.87. The number of nitrogens with one attached hydrogen (secondary N) is 1. The molecular formula is C24H32N2O2. The summed E-state index contributed by atoms with van der Waals surface area (Å²) in [6, 6.07) is 17.5. The van der Waals surface area contributed by atoms with Gasteiger partial charge in [-0.3, -0.25) is 9.59 Å². The summed E-state index contributed by atoms with van der Waals surface area (Å²) in [6.45, 7) is 10.1. The molecule has 150 valence electrons. The number of hydrogen-bond acceptors (Lipinski definition) is 2. The van der Waals surface area contributed by atoms with E-state index in [9.17, 15) is 9.59 Å². The predicted molar refractivity (Wildman–Crippen MR) is 114 cm³/mol. The molecular weight excluding hydrogens is 348 g/mol. The van der Waals surface area contributed by atoms with Crippen LogP contribution < -0.4 is 5.32 Å². The third-order valence-corrected chi connectivity index (χ3v) is 4.61. The van der Waals surface area contributed by atoms with Gasteiger partial charge in [-0.05, 0) is 52.2 Å². The van der Waals surface area contributed by atoms with Crippen LogP contribution in [0.4, 0.5) is 0 Å². The quantitative estimate of drug-likeness (QED) is 0.780. The lowest BCUT2D eigenvalue weighted by Crippen LogP contribution is -2.52. The normalized spacial score (nSPS) is 12.3. The van der Waals surface area contributed by atoms with Gasteiger partial charge in [-0.25, -0.2) is 0 Å². The molecule has 0 spiro atoms. The van der Waals surface area contributed by atoms with Gasteiger partial charge < -0.3 is 10.2 Å².